The van der Waals surface area contributed by atoms with E-state index in [0.717, 1.165) is 13.0 Å². The van der Waals surface area contributed by atoms with E-state index in [4.69, 9.17) is 4.74 Å². The fourth-order valence-corrected chi connectivity index (χ4v) is 3.09. The molecule has 2 rings (SSSR count). The number of benzene rings is 1. The van der Waals surface area contributed by atoms with Gasteiger partial charge in [0.2, 0.25) is 0 Å². The summed E-state index contributed by atoms with van der Waals surface area (Å²) in [6.07, 6.45) is 4.04. The average molecular weight is 275 g/mol. The third-order valence-corrected chi connectivity index (χ3v) is 4.16. The molecule has 0 radical (unpaired) electrons. The molecule has 0 N–H and O–H groups in total. The molecule has 0 aromatic heterocycles. The van der Waals surface area contributed by atoms with Crippen LogP contribution in [0, 0.1) is 0 Å². The van der Waals surface area contributed by atoms with Crippen LogP contribution in [0.2, 0.25) is 0 Å². The quantitative estimate of drug-likeness (QED) is 0.770. The Hall–Kier alpha value is -1.35. The van der Waals surface area contributed by atoms with E-state index in [0.29, 0.717) is 25.1 Å². The summed E-state index contributed by atoms with van der Waals surface area (Å²) in [7, 11) is 0. The molecule has 1 aromatic rings. The van der Waals surface area contributed by atoms with E-state index in [1.807, 2.05) is 13.0 Å². The first-order valence-electron chi connectivity index (χ1n) is 7.68. The second-order valence-corrected chi connectivity index (χ2v) is 5.48. The molecule has 1 heterocycles. The van der Waals surface area contributed by atoms with Crippen molar-refractivity contribution in [1.29, 1.82) is 0 Å². The van der Waals surface area contributed by atoms with Crippen LogP contribution >= 0.6 is 0 Å². The number of ether oxygens (including phenoxy) is 1. The highest BCUT2D eigenvalue weighted by atomic mass is 16.5. The van der Waals surface area contributed by atoms with Gasteiger partial charge in [-0.25, -0.2) is 0 Å². The van der Waals surface area contributed by atoms with Gasteiger partial charge >= 0.3 is 5.97 Å². The lowest BCUT2D eigenvalue weighted by molar-refractivity contribution is -0.145. The van der Waals surface area contributed by atoms with Crippen LogP contribution in [0.25, 0.3) is 0 Å². The molecule has 0 aliphatic carbocycles. The zero-order valence-corrected chi connectivity index (χ0v) is 12.5. The molecule has 20 heavy (non-hydrogen) atoms. The lowest BCUT2D eigenvalue weighted by atomic mass is 9.95. The smallest absolute Gasteiger partial charge is 0.307 e. The first-order chi connectivity index (χ1) is 9.72. The molecule has 3 heteroatoms. The van der Waals surface area contributed by atoms with Gasteiger partial charge in [-0.2, -0.15) is 0 Å². The van der Waals surface area contributed by atoms with Gasteiger partial charge < -0.3 is 4.74 Å². The minimum atomic E-state index is -0.0651. The largest absolute Gasteiger partial charge is 0.466 e. The predicted molar refractivity (Wildman–Crippen MR) is 80.5 cm³/mol. The zero-order valence-electron chi connectivity index (χ0n) is 12.5. The SMILES string of the molecule is CCOC(=O)C[C@H]1CCCCN1[C@H](C)c1ccccc1. The Balaban J connectivity index is 2.04. The summed E-state index contributed by atoms with van der Waals surface area (Å²) in [5.74, 6) is -0.0651. The predicted octanol–water partition coefficient (Wildman–Crippen LogP) is 3.56. The Morgan fingerprint density at radius 1 is 1.35 bits per heavy atom. The fourth-order valence-electron chi connectivity index (χ4n) is 3.09. The summed E-state index contributed by atoms with van der Waals surface area (Å²) in [5.41, 5.74) is 1.32. The van der Waals surface area contributed by atoms with Gasteiger partial charge in [0.05, 0.1) is 13.0 Å². The molecule has 2 atom stereocenters. The molecule has 0 bridgehead atoms. The Kier molecular flexibility index (Phi) is 5.60. The Morgan fingerprint density at radius 2 is 2.10 bits per heavy atom. The maximum Gasteiger partial charge on any atom is 0.307 e. The van der Waals surface area contributed by atoms with Crippen LogP contribution < -0.4 is 0 Å². The lowest BCUT2D eigenvalue weighted by Crippen LogP contribution is -2.42. The van der Waals surface area contributed by atoms with Gasteiger partial charge in [0.15, 0.2) is 0 Å². The van der Waals surface area contributed by atoms with Crippen LogP contribution in [0.15, 0.2) is 30.3 Å². The standard InChI is InChI=1S/C17H25NO2/c1-3-20-17(19)13-16-11-7-8-12-18(16)14(2)15-9-5-4-6-10-15/h4-6,9-10,14,16H,3,7-8,11-13H2,1-2H3/t14-,16-/m1/s1. The highest BCUT2D eigenvalue weighted by Gasteiger charge is 2.29. The number of esters is 1. The maximum atomic E-state index is 11.8. The highest BCUT2D eigenvalue weighted by molar-refractivity contribution is 5.70. The van der Waals surface area contributed by atoms with E-state index >= 15 is 0 Å². The number of hydrogen-bond acceptors (Lipinski definition) is 3. The molecular weight excluding hydrogens is 250 g/mol. The molecule has 1 saturated heterocycles. The van der Waals surface area contributed by atoms with E-state index in [2.05, 4.69) is 36.1 Å². The van der Waals surface area contributed by atoms with Crippen LogP contribution in [-0.2, 0) is 9.53 Å². The summed E-state index contributed by atoms with van der Waals surface area (Å²) in [4.78, 5) is 14.2. The van der Waals surface area contributed by atoms with Crippen LogP contribution in [0.3, 0.4) is 0 Å². The Labute approximate surface area is 121 Å². The summed E-state index contributed by atoms with van der Waals surface area (Å²) in [5, 5.41) is 0. The molecule has 1 fully saturated rings. The van der Waals surface area contributed by atoms with E-state index in [1.165, 1.54) is 18.4 Å². The molecule has 0 amide bonds. The normalized spacial score (nSPS) is 21.4. The van der Waals surface area contributed by atoms with Gasteiger partial charge in [0.25, 0.3) is 0 Å². The van der Waals surface area contributed by atoms with Gasteiger partial charge in [0.1, 0.15) is 0 Å². The minimum Gasteiger partial charge on any atom is -0.466 e. The molecule has 3 nitrogen and oxygen atoms in total. The first kappa shape index (κ1) is 15.0. The monoisotopic (exact) mass is 275 g/mol. The van der Waals surface area contributed by atoms with Crippen molar-refractivity contribution in [1.82, 2.24) is 4.90 Å². The lowest BCUT2D eigenvalue weighted by Gasteiger charge is -2.39. The van der Waals surface area contributed by atoms with Crippen molar-refractivity contribution in [2.24, 2.45) is 0 Å². The van der Waals surface area contributed by atoms with Crippen molar-refractivity contribution >= 4 is 5.97 Å². The van der Waals surface area contributed by atoms with E-state index < -0.39 is 0 Å². The molecule has 0 unspecified atom stereocenters. The number of likely N-dealkylation sites (tertiary alicyclic amines) is 1. The third-order valence-electron chi connectivity index (χ3n) is 4.16. The van der Waals surface area contributed by atoms with Crippen molar-refractivity contribution in [2.75, 3.05) is 13.2 Å². The van der Waals surface area contributed by atoms with Gasteiger partial charge in [-0.3, -0.25) is 9.69 Å². The van der Waals surface area contributed by atoms with Crippen LogP contribution in [0.4, 0.5) is 0 Å². The Morgan fingerprint density at radius 3 is 2.80 bits per heavy atom. The second kappa shape index (κ2) is 7.44. The molecule has 0 spiro atoms. The van der Waals surface area contributed by atoms with Crippen molar-refractivity contribution in [2.45, 2.75) is 51.6 Å². The van der Waals surface area contributed by atoms with Crippen molar-refractivity contribution in [3.8, 4) is 0 Å². The van der Waals surface area contributed by atoms with Gasteiger partial charge in [-0.1, -0.05) is 36.8 Å². The molecule has 1 aliphatic rings. The number of carbonyl (C=O) groups is 1. The van der Waals surface area contributed by atoms with Crippen molar-refractivity contribution in [3.63, 3.8) is 0 Å². The summed E-state index contributed by atoms with van der Waals surface area (Å²) in [6.45, 7) is 5.64. The van der Waals surface area contributed by atoms with Crippen molar-refractivity contribution in [3.05, 3.63) is 35.9 Å². The molecular formula is C17H25NO2. The number of hydrogen-bond donors (Lipinski definition) is 0. The summed E-state index contributed by atoms with van der Waals surface area (Å²) >= 11 is 0. The van der Waals surface area contributed by atoms with E-state index in [1.54, 1.807) is 0 Å². The summed E-state index contributed by atoms with van der Waals surface area (Å²) < 4.78 is 5.11. The molecule has 0 saturated carbocycles. The minimum absolute atomic E-state index is 0.0651. The number of nitrogens with zero attached hydrogens (tertiary/aromatic N) is 1. The number of carbonyl (C=O) groups excluding carboxylic acids is 1. The summed E-state index contributed by atoms with van der Waals surface area (Å²) in [6, 6.07) is 11.2. The van der Waals surface area contributed by atoms with E-state index in [-0.39, 0.29) is 5.97 Å². The average Bonchev–Trinajstić information content (AvgIpc) is 2.48. The zero-order chi connectivity index (χ0) is 14.4. The number of piperidine rings is 1. The highest BCUT2D eigenvalue weighted by Crippen LogP contribution is 2.29. The molecule has 1 aliphatic heterocycles. The second-order valence-electron chi connectivity index (χ2n) is 5.48. The van der Waals surface area contributed by atoms with Crippen LogP contribution in [-0.4, -0.2) is 30.1 Å². The van der Waals surface area contributed by atoms with Gasteiger partial charge in [-0.15, -0.1) is 0 Å². The van der Waals surface area contributed by atoms with Crippen LogP contribution in [0.5, 0.6) is 0 Å². The fraction of sp³-hybridized carbons (Fsp3) is 0.588. The molecule has 110 valence electrons. The first-order valence-corrected chi connectivity index (χ1v) is 7.68. The maximum absolute atomic E-state index is 11.8. The van der Waals surface area contributed by atoms with Gasteiger partial charge in [0, 0.05) is 12.1 Å². The topological polar surface area (TPSA) is 29.5 Å². The number of rotatable bonds is 5. The van der Waals surface area contributed by atoms with E-state index in [9.17, 15) is 4.79 Å². The molecule has 1 aromatic carbocycles. The Bertz CT molecular complexity index is 418. The third kappa shape index (κ3) is 3.83. The van der Waals surface area contributed by atoms with Crippen LogP contribution in [0.1, 0.15) is 51.1 Å². The van der Waals surface area contributed by atoms with Gasteiger partial charge in [-0.05, 0) is 38.8 Å². The van der Waals surface area contributed by atoms with Crippen molar-refractivity contribution < 1.29 is 9.53 Å².